The van der Waals surface area contributed by atoms with E-state index in [2.05, 4.69) is 0 Å². The number of hydroxylamine groups is 2. The van der Waals surface area contributed by atoms with Crippen molar-refractivity contribution in [1.29, 1.82) is 0 Å². The van der Waals surface area contributed by atoms with Crippen LogP contribution in [0.3, 0.4) is 0 Å². The van der Waals surface area contributed by atoms with Crippen LogP contribution in [-0.4, -0.2) is 80.1 Å². The van der Waals surface area contributed by atoms with Gasteiger partial charge >= 0.3 is 18.3 Å². The van der Waals surface area contributed by atoms with Crippen molar-refractivity contribution in [2.75, 3.05) is 49.2 Å². The molecule has 0 spiro atoms. The molecule has 3 rings (SSSR count). The Bertz CT molecular complexity index is 969. The van der Waals surface area contributed by atoms with Crippen LogP contribution in [0.2, 0.25) is 0 Å². The molecule has 2 aliphatic heterocycles. The Labute approximate surface area is 209 Å². The molecule has 1 aromatic rings. The van der Waals surface area contributed by atoms with Gasteiger partial charge in [0, 0.05) is 13.1 Å². The predicted octanol–water partition coefficient (Wildman–Crippen LogP) is 4.09. The molecule has 0 bridgehead atoms. The fourth-order valence-corrected chi connectivity index (χ4v) is 3.56. The first kappa shape index (κ1) is 27.3. The van der Waals surface area contributed by atoms with Crippen molar-refractivity contribution >= 4 is 29.7 Å². The van der Waals surface area contributed by atoms with Crippen LogP contribution in [0.5, 0.6) is 0 Å². The lowest BCUT2D eigenvalue weighted by Gasteiger charge is -2.29. The Hall–Kier alpha value is -3.28. The summed E-state index contributed by atoms with van der Waals surface area (Å²) in [4.78, 5) is 45.6. The summed E-state index contributed by atoms with van der Waals surface area (Å²) in [5.41, 5.74) is -1.00. The number of cyclic esters (lactones) is 1. The van der Waals surface area contributed by atoms with Gasteiger partial charge in [0.1, 0.15) is 29.7 Å². The summed E-state index contributed by atoms with van der Waals surface area (Å²) in [7, 11) is 0. The summed E-state index contributed by atoms with van der Waals surface area (Å²) in [5.74, 6) is -0.478. The average molecular weight is 512 g/mol. The molecule has 12 heteroatoms. The van der Waals surface area contributed by atoms with Crippen molar-refractivity contribution in [1.82, 2.24) is 5.06 Å². The van der Waals surface area contributed by atoms with Crippen LogP contribution in [0.15, 0.2) is 18.2 Å². The highest BCUT2D eigenvalue weighted by atomic mass is 19.1. The van der Waals surface area contributed by atoms with Gasteiger partial charge in [0.2, 0.25) is 0 Å². The molecule has 2 fully saturated rings. The zero-order chi connectivity index (χ0) is 26.7. The standard InChI is InChI=1S/C24H34FN3O8/c1-23(2,3)34-21(30)28(36-22(31)35-24(4,5)6)15-17-14-27(20(29)33-17)16-7-8-19(18(25)13-16)26-9-11-32-12-10-26/h7-8,13,17H,9-12,14-15H2,1-6H3/t17-/m1/s1. The van der Waals surface area contributed by atoms with Crippen LogP contribution in [0.25, 0.3) is 0 Å². The fraction of sp³-hybridized carbons (Fsp3) is 0.625. The van der Waals surface area contributed by atoms with E-state index in [1.807, 2.05) is 4.90 Å². The quantitative estimate of drug-likeness (QED) is 0.336. The first-order chi connectivity index (χ1) is 16.7. The van der Waals surface area contributed by atoms with Crippen molar-refractivity contribution in [3.63, 3.8) is 0 Å². The normalized spacial score (nSPS) is 18.5. The highest BCUT2D eigenvalue weighted by molar-refractivity contribution is 5.90. The Morgan fingerprint density at radius 1 is 1.08 bits per heavy atom. The fourth-order valence-electron chi connectivity index (χ4n) is 3.56. The van der Waals surface area contributed by atoms with Crippen molar-refractivity contribution in [3.8, 4) is 0 Å². The smallest absolute Gasteiger partial charge is 0.442 e. The lowest BCUT2D eigenvalue weighted by molar-refractivity contribution is -0.144. The van der Waals surface area contributed by atoms with Crippen LogP contribution in [-0.2, 0) is 23.8 Å². The van der Waals surface area contributed by atoms with Crippen LogP contribution in [0.1, 0.15) is 41.5 Å². The molecule has 0 N–H and O–H groups in total. The molecular weight excluding hydrogens is 477 g/mol. The van der Waals surface area contributed by atoms with Crippen LogP contribution < -0.4 is 9.80 Å². The number of morpholine rings is 1. The molecule has 1 atom stereocenters. The van der Waals surface area contributed by atoms with E-state index in [1.165, 1.54) is 11.0 Å². The minimum atomic E-state index is -1.12. The molecule has 0 aliphatic carbocycles. The molecule has 2 heterocycles. The van der Waals surface area contributed by atoms with Crippen molar-refractivity contribution in [2.45, 2.75) is 58.8 Å². The second kappa shape index (κ2) is 10.8. The summed E-state index contributed by atoms with van der Waals surface area (Å²) in [5, 5.41) is 0.656. The molecule has 0 unspecified atom stereocenters. The van der Waals surface area contributed by atoms with Gasteiger partial charge in [-0.1, -0.05) is 0 Å². The highest BCUT2D eigenvalue weighted by Gasteiger charge is 2.38. The van der Waals surface area contributed by atoms with Gasteiger partial charge in [-0.15, -0.1) is 5.06 Å². The lowest BCUT2D eigenvalue weighted by Crippen LogP contribution is -2.44. The van der Waals surface area contributed by atoms with Gasteiger partial charge in [-0.2, -0.15) is 0 Å². The van der Waals surface area contributed by atoms with Gasteiger partial charge in [0.25, 0.3) is 0 Å². The topological polar surface area (TPSA) is 107 Å². The third kappa shape index (κ3) is 7.61. The van der Waals surface area contributed by atoms with E-state index in [-0.39, 0.29) is 13.1 Å². The molecule has 0 saturated carbocycles. The zero-order valence-electron chi connectivity index (χ0n) is 21.5. The van der Waals surface area contributed by atoms with Gasteiger partial charge in [-0.05, 0) is 59.7 Å². The minimum absolute atomic E-state index is 0.00779. The number of hydrogen-bond donors (Lipinski definition) is 0. The number of anilines is 2. The summed E-state index contributed by atoms with van der Waals surface area (Å²) in [6.45, 7) is 11.8. The van der Waals surface area contributed by atoms with E-state index in [4.69, 9.17) is 23.8 Å². The third-order valence-corrected chi connectivity index (χ3v) is 5.01. The third-order valence-electron chi connectivity index (χ3n) is 5.01. The van der Waals surface area contributed by atoms with E-state index in [0.717, 1.165) is 0 Å². The number of carbonyl (C=O) groups is 3. The number of halogens is 1. The Morgan fingerprint density at radius 2 is 1.72 bits per heavy atom. The van der Waals surface area contributed by atoms with Gasteiger partial charge in [-0.25, -0.2) is 18.8 Å². The van der Waals surface area contributed by atoms with Crippen LogP contribution >= 0.6 is 0 Å². The Morgan fingerprint density at radius 3 is 2.31 bits per heavy atom. The number of amides is 2. The number of nitrogens with zero attached hydrogens (tertiary/aromatic N) is 3. The van der Waals surface area contributed by atoms with E-state index in [9.17, 15) is 18.8 Å². The second-order valence-corrected chi connectivity index (χ2v) is 10.4. The van der Waals surface area contributed by atoms with Gasteiger partial charge in [-0.3, -0.25) is 4.90 Å². The minimum Gasteiger partial charge on any atom is -0.442 e. The maximum atomic E-state index is 14.9. The summed E-state index contributed by atoms with van der Waals surface area (Å²) >= 11 is 0. The molecule has 36 heavy (non-hydrogen) atoms. The number of benzene rings is 1. The van der Waals surface area contributed by atoms with Crippen LogP contribution in [0.4, 0.5) is 30.1 Å². The highest BCUT2D eigenvalue weighted by Crippen LogP contribution is 2.29. The molecule has 0 aromatic heterocycles. The SMILES string of the molecule is CC(C)(C)OC(=O)ON(C[C@H]1CN(c2ccc(N3CCOCC3)c(F)c2)C(=O)O1)C(=O)OC(C)(C)C. The molecule has 0 radical (unpaired) electrons. The first-order valence-corrected chi connectivity index (χ1v) is 11.7. The average Bonchev–Trinajstić information content (AvgIpc) is 3.11. The molecular formula is C24H34FN3O8. The summed E-state index contributed by atoms with van der Waals surface area (Å²) < 4.78 is 36.0. The lowest BCUT2D eigenvalue weighted by atomic mass is 10.2. The largest absolute Gasteiger partial charge is 0.534 e. The second-order valence-electron chi connectivity index (χ2n) is 10.4. The first-order valence-electron chi connectivity index (χ1n) is 11.7. The van der Waals surface area contributed by atoms with Gasteiger partial charge in [0.05, 0.1) is 31.1 Å². The Balaban J connectivity index is 1.70. The molecule has 2 saturated heterocycles. The van der Waals surface area contributed by atoms with E-state index in [0.29, 0.717) is 42.7 Å². The summed E-state index contributed by atoms with van der Waals surface area (Å²) in [6, 6.07) is 4.49. The number of ether oxygens (including phenoxy) is 4. The monoisotopic (exact) mass is 511 g/mol. The number of carbonyl (C=O) groups excluding carboxylic acids is 3. The molecule has 1 aromatic carbocycles. The molecule has 2 amide bonds. The van der Waals surface area contributed by atoms with Gasteiger partial charge in [0.15, 0.2) is 0 Å². The Kier molecular flexibility index (Phi) is 8.17. The van der Waals surface area contributed by atoms with Crippen molar-refractivity contribution < 1.29 is 42.6 Å². The molecule has 11 nitrogen and oxygen atoms in total. The predicted molar refractivity (Wildman–Crippen MR) is 127 cm³/mol. The van der Waals surface area contributed by atoms with Gasteiger partial charge < -0.3 is 28.7 Å². The number of hydrogen-bond acceptors (Lipinski definition) is 9. The number of rotatable bonds is 4. The van der Waals surface area contributed by atoms with E-state index < -0.39 is 41.5 Å². The molecule has 2 aliphatic rings. The van der Waals surface area contributed by atoms with E-state index >= 15 is 0 Å². The van der Waals surface area contributed by atoms with Crippen molar-refractivity contribution in [3.05, 3.63) is 24.0 Å². The molecule has 200 valence electrons. The maximum Gasteiger partial charge on any atom is 0.534 e. The summed E-state index contributed by atoms with van der Waals surface area (Å²) in [6.07, 6.45) is -3.67. The van der Waals surface area contributed by atoms with Crippen LogP contribution in [0, 0.1) is 5.82 Å². The van der Waals surface area contributed by atoms with Crippen molar-refractivity contribution in [2.24, 2.45) is 0 Å². The maximum absolute atomic E-state index is 14.9. The zero-order valence-corrected chi connectivity index (χ0v) is 21.5. The van der Waals surface area contributed by atoms with E-state index in [1.54, 1.807) is 53.7 Å².